The molecular weight excluding hydrogens is 188 g/mol. The molecule has 1 fully saturated rings. The van der Waals surface area contributed by atoms with Gasteiger partial charge in [0.05, 0.1) is 6.04 Å². The van der Waals surface area contributed by atoms with E-state index in [9.17, 15) is 4.79 Å². The van der Waals surface area contributed by atoms with Crippen molar-refractivity contribution < 1.29 is 4.79 Å². The van der Waals surface area contributed by atoms with Gasteiger partial charge >= 0.3 is 0 Å². The quantitative estimate of drug-likeness (QED) is 0.729. The van der Waals surface area contributed by atoms with Gasteiger partial charge in [-0.2, -0.15) is 0 Å². The zero-order chi connectivity index (χ0) is 11.4. The summed E-state index contributed by atoms with van der Waals surface area (Å²) >= 11 is 0. The average Bonchev–Trinajstić information content (AvgIpc) is 3.00. The molecule has 15 heavy (non-hydrogen) atoms. The maximum absolute atomic E-state index is 12.0. The molecule has 3 nitrogen and oxygen atoms in total. The van der Waals surface area contributed by atoms with Crippen LogP contribution in [0.25, 0.3) is 0 Å². The Morgan fingerprint density at radius 1 is 1.47 bits per heavy atom. The number of hydrogen-bond donors (Lipinski definition) is 1. The van der Waals surface area contributed by atoms with E-state index in [1.165, 1.54) is 12.8 Å². The highest BCUT2D eigenvalue weighted by atomic mass is 16.2. The van der Waals surface area contributed by atoms with Crippen LogP contribution < -0.4 is 5.73 Å². The summed E-state index contributed by atoms with van der Waals surface area (Å²) in [4.78, 5) is 14.0. The van der Waals surface area contributed by atoms with Gasteiger partial charge in [0.25, 0.3) is 0 Å². The molecule has 0 bridgehead atoms. The summed E-state index contributed by atoms with van der Waals surface area (Å²) in [5.41, 5.74) is 5.80. The van der Waals surface area contributed by atoms with Crippen LogP contribution in [0.2, 0.25) is 0 Å². The molecule has 1 rings (SSSR count). The molecule has 0 spiro atoms. The van der Waals surface area contributed by atoms with Crippen LogP contribution in [0.1, 0.15) is 46.5 Å². The fraction of sp³-hybridized carbons (Fsp3) is 0.917. The molecule has 0 heterocycles. The van der Waals surface area contributed by atoms with Crippen molar-refractivity contribution in [2.45, 2.75) is 58.5 Å². The van der Waals surface area contributed by atoms with E-state index in [0.717, 1.165) is 19.4 Å². The Morgan fingerprint density at radius 3 is 2.47 bits per heavy atom. The van der Waals surface area contributed by atoms with Gasteiger partial charge in [-0.25, -0.2) is 0 Å². The lowest BCUT2D eigenvalue weighted by Crippen LogP contribution is -2.45. The number of nitrogens with two attached hydrogens (primary N) is 1. The Labute approximate surface area is 93.0 Å². The van der Waals surface area contributed by atoms with Gasteiger partial charge in [0.15, 0.2) is 0 Å². The normalized spacial score (nSPS) is 17.9. The van der Waals surface area contributed by atoms with Crippen LogP contribution in [-0.2, 0) is 4.79 Å². The summed E-state index contributed by atoms with van der Waals surface area (Å²) in [5, 5.41) is 0. The van der Waals surface area contributed by atoms with E-state index in [1.807, 2.05) is 11.8 Å². The smallest absolute Gasteiger partial charge is 0.239 e. The van der Waals surface area contributed by atoms with Gasteiger partial charge in [-0.15, -0.1) is 0 Å². The monoisotopic (exact) mass is 212 g/mol. The third kappa shape index (κ3) is 3.82. The molecule has 0 saturated heterocycles. The first kappa shape index (κ1) is 12.5. The number of carbonyl (C=O) groups is 1. The maximum Gasteiger partial charge on any atom is 0.239 e. The minimum absolute atomic E-state index is 0.153. The maximum atomic E-state index is 12.0. The van der Waals surface area contributed by atoms with Crippen LogP contribution >= 0.6 is 0 Å². The van der Waals surface area contributed by atoms with E-state index < -0.39 is 0 Å². The molecule has 1 aliphatic carbocycles. The first-order chi connectivity index (χ1) is 7.06. The molecule has 0 radical (unpaired) electrons. The van der Waals surface area contributed by atoms with Crippen LogP contribution in [0.4, 0.5) is 0 Å². The molecule has 1 saturated carbocycles. The lowest BCUT2D eigenvalue weighted by molar-refractivity contribution is -0.133. The zero-order valence-electron chi connectivity index (χ0n) is 10.2. The van der Waals surface area contributed by atoms with Crippen molar-refractivity contribution in [3.8, 4) is 0 Å². The first-order valence-corrected chi connectivity index (χ1v) is 6.12. The molecule has 88 valence electrons. The average molecular weight is 212 g/mol. The molecule has 2 N–H and O–H groups in total. The molecule has 0 unspecified atom stereocenters. The second kappa shape index (κ2) is 5.50. The number of carbonyl (C=O) groups excluding carboxylic acids is 1. The van der Waals surface area contributed by atoms with Gasteiger partial charge in [0.1, 0.15) is 0 Å². The summed E-state index contributed by atoms with van der Waals surface area (Å²) in [6.45, 7) is 7.23. The molecule has 0 aromatic carbocycles. The third-order valence-corrected chi connectivity index (χ3v) is 2.98. The van der Waals surface area contributed by atoms with Crippen molar-refractivity contribution in [2.75, 3.05) is 6.54 Å². The van der Waals surface area contributed by atoms with E-state index >= 15 is 0 Å². The van der Waals surface area contributed by atoms with Crippen molar-refractivity contribution in [3.05, 3.63) is 0 Å². The van der Waals surface area contributed by atoms with Crippen molar-refractivity contribution in [3.63, 3.8) is 0 Å². The van der Waals surface area contributed by atoms with Crippen LogP contribution in [0.3, 0.4) is 0 Å². The molecule has 1 aliphatic rings. The van der Waals surface area contributed by atoms with Gasteiger partial charge < -0.3 is 10.6 Å². The van der Waals surface area contributed by atoms with Crippen molar-refractivity contribution >= 4 is 5.91 Å². The van der Waals surface area contributed by atoms with Crippen LogP contribution in [-0.4, -0.2) is 29.4 Å². The Morgan fingerprint density at radius 2 is 2.07 bits per heavy atom. The highest BCUT2D eigenvalue weighted by Gasteiger charge is 2.33. The summed E-state index contributed by atoms with van der Waals surface area (Å²) in [6.07, 6.45) is 4.16. The number of rotatable bonds is 6. The van der Waals surface area contributed by atoms with Gasteiger partial charge in [-0.05, 0) is 31.6 Å². The van der Waals surface area contributed by atoms with Gasteiger partial charge in [0, 0.05) is 12.6 Å². The van der Waals surface area contributed by atoms with Gasteiger partial charge in [0.2, 0.25) is 5.91 Å². The number of hydrogen-bond acceptors (Lipinski definition) is 2. The zero-order valence-corrected chi connectivity index (χ0v) is 10.2. The molecule has 1 atom stereocenters. The van der Waals surface area contributed by atoms with Gasteiger partial charge in [-0.3, -0.25) is 4.79 Å². The Bertz CT molecular complexity index is 212. The fourth-order valence-corrected chi connectivity index (χ4v) is 1.64. The minimum atomic E-state index is -0.294. The first-order valence-electron chi connectivity index (χ1n) is 6.12. The van der Waals surface area contributed by atoms with E-state index in [2.05, 4.69) is 13.8 Å². The highest BCUT2D eigenvalue weighted by molar-refractivity contribution is 5.82. The Kier molecular flexibility index (Phi) is 4.58. The van der Waals surface area contributed by atoms with Crippen molar-refractivity contribution in [1.82, 2.24) is 4.90 Å². The lowest BCUT2D eigenvalue weighted by atomic mass is 10.1. The molecule has 1 amide bonds. The van der Waals surface area contributed by atoms with Crippen LogP contribution in [0.15, 0.2) is 0 Å². The van der Waals surface area contributed by atoms with Crippen LogP contribution in [0.5, 0.6) is 0 Å². The number of amides is 1. The van der Waals surface area contributed by atoms with E-state index in [1.54, 1.807) is 0 Å². The standard InChI is InChI=1S/C12H24N2O/c1-4-11(13)12(15)14(10-5-6-10)8-7-9(2)3/h9-11H,4-8,13H2,1-3H3/t11-/m1/s1. The van der Waals surface area contributed by atoms with E-state index in [0.29, 0.717) is 12.0 Å². The van der Waals surface area contributed by atoms with Crippen LogP contribution in [0, 0.1) is 5.92 Å². The molecule has 0 aromatic heterocycles. The third-order valence-electron chi connectivity index (χ3n) is 2.98. The Balaban J connectivity index is 2.45. The summed E-state index contributed by atoms with van der Waals surface area (Å²) < 4.78 is 0. The predicted octanol–water partition coefficient (Wildman–Crippen LogP) is 1.76. The highest BCUT2D eigenvalue weighted by Crippen LogP contribution is 2.28. The summed E-state index contributed by atoms with van der Waals surface area (Å²) in [6, 6.07) is 0.201. The number of nitrogens with zero attached hydrogens (tertiary/aromatic N) is 1. The van der Waals surface area contributed by atoms with E-state index in [-0.39, 0.29) is 11.9 Å². The predicted molar refractivity (Wildman–Crippen MR) is 62.5 cm³/mol. The van der Waals surface area contributed by atoms with Crippen molar-refractivity contribution in [1.29, 1.82) is 0 Å². The molecule has 0 aliphatic heterocycles. The Hall–Kier alpha value is -0.570. The fourth-order valence-electron chi connectivity index (χ4n) is 1.64. The second-order valence-electron chi connectivity index (χ2n) is 4.96. The second-order valence-corrected chi connectivity index (χ2v) is 4.96. The summed E-state index contributed by atoms with van der Waals surface area (Å²) in [7, 11) is 0. The van der Waals surface area contributed by atoms with Crippen molar-refractivity contribution in [2.24, 2.45) is 11.7 Å². The van der Waals surface area contributed by atoms with Gasteiger partial charge in [-0.1, -0.05) is 20.8 Å². The summed E-state index contributed by atoms with van der Waals surface area (Å²) in [5.74, 6) is 0.803. The molecular formula is C12H24N2O. The SMILES string of the molecule is CC[C@@H](N)C(=O)N(CCC(C)C)C1CC1. The topological polar surface area (TPSA) is 46.3 Å². The van der Waals surface area contributed by atoms with E-state index in [4.69, 9.17) is 5.73 Å². The molecule has 3 heteroatoms. The minimum Gasteiger partial charge on any atom is -0.338 e. The largest absolute Gasteiger partial charge is 0.338 e. The molecule has 0 aromatic rings. The lowest BCUT2D eigenvalue weighted by Gasteiger charge is -2.26.